The van der Waals surface area contributed by atoms with Gasteiger partial charge in [-0.05, 0) is 36.6 Å². The molecule has 5 rings (SSSR count). The van der Waals surface area contributed by atoms with Crippen LogP contribution in [-0.2, 0) is 11.2 Å². The van der Waals surface area contributed by atoms with E-state index in [1.54, 1.807) is 28.9 Å². The fraction of sp³-hybridized carbons (Fsp3) is 0.200. The number of aromatic nitrogens is 3. The Morgan fingerprint density at radius 2 is 2.00 bits per heavy atom. The van der Waals surface area contributed by atoms with Crippen molar-refractivity contribution in [2.24, 2.45) is 0 Å². The molecular weight excluding hydrogens is 372 g/mol. The van der Waals surface area contributed by atoms with Gasteiger partial charge >= 0.3 is 6.03 Å². The van der Waals surface area contributed by atoms with Gasteiger partial charge in [0.2, 0.25) is 0 Å². The zero-order valence-corrected chi connectivity index (χ0v) is 15.3. The van der Waals surface area contributed by atoms with Crippen LogP contribution in [0.2, 0.25) is 0 Å². The van der Waals surface area contributed by atoms with E-state index in [9.17, 15) is 14.7 Å². The number of carbonyl (C=O) groups excluding carboxylic acids is 2. The molecule has 2 fully saturated rings. The maximum atomic E-state index is 11.9. The molecule has 0 atom stereocenters. The SMILES string of the molecule is O=C1NC(=O)/C(=C/c2cnn3c(NC4CC4)cc(Cc4ccc(O)cc4)nc23)N1. The topological polar surface area (TPSA) is 121 Å². The van der Waals surface area contributed by atoms with E-state index in [4.69, 9.17) is 4.98 Å². The van der Waals surface area contributed by atoms with Gasteiger partial charge in [0.05, 0.1) is 11.9 Å². The molecule has 1 aromatic carbocycles. The number of rotatable bonds is 5. The standard InChI is InChI=1S/C20H18N6O3/c27-15-5-1-11(2-6-15)7-14-9-17(22-13-3-4-13)26-18(23-14)12(10-21-26)8-16-19(28)25-20(29)24-16/h1-2,5-6,8-10,13,22,27H,3-4,7H2,(H2,24,25,28,29)/b16-8-. The van der Waals surface area contributed by atoms with Crippen molar-refractivity contribution in [2.45, 2.75) is 25.3 Å². The first-order valence-electron chi connectivity index (χ1n) is 9.31. The van der Waals surface area contributed by atoms with Crippen LogP contribution in [0, 0.1) is 0 Å². The average Bonchev–Trinajstić information content (AvgIpc) is 3.33. The highest BCUT2D eigenvalue weighted by atomic mass is 16.3. The number of nitrogens with one attached hydrogen (secondary N) is 3. The van der Waals surface area contributed by atoms with Crippen LogP contribution in [0.5, 0.6) is 5.75 Å². The van der Waals surface area contributed by atoms with Crippen LogP contribution < -0.4 is 16.0 Å². The highest BCUT2D eigenvalue weighted by Gasteiger charge is 2.25. The molecule has 0 unspecified atom stereocenters. The number of hydrogen-bond donors (Lipinski definition) is 4. The molecule has 1 aliphatic heterocycles. The van der Waals surface area contributed by atoms with E-state index >= 15 is 0 Å². The Kier molecular flexibility index (Phi) is 3.94. The second-order valence-corrected chi connectivity index (χ2v) is 7.20. The summed E-state index contributed by atoms with van der Waals surface area (Å²) in [5.41, 5.74) is 3.22. The number of phenolic OH excluding ortho intramolecular Hbond substituents is 1. The van der Waals surface area contributed by atoms with Crippen molar-refractivity contribution in [2.75, 3.05) is 5.32 Å². The molecule has 3 heterocycles. The molecule has 146 valence electrons. The lowest BCUT2D eigenvalue weighted by Crippen LogP contribution is -2.22. The van der Waals surface area contributed by atoms with Crippen molar-refractivity contribution >= 4 is 29.5 Å². The van der Waals surface area contributed by atoms with Crippen LogP contribution in [0.1, 0.15) is 29.7 Å². The van der Waals surface area contributed by atoms with E-state index in [-0.39, 0.29) is 11.4 Å². The average molecular weight is 390 g/mol. The van der Waals surface area contributed by atoms with E-state index < -0.39 is 11.9 Å². The first-order chi connectivity index (χ1) is 14.0. The Balaban J connectivity index is 1.56. The quantitative estimate of drug-likeness (QED) is 0.389. The molecule has 9 heteroatoms. The maximum absolute atomic E-state index is 11.9. The van der Waals surface area contributed by atoms with Crippen LogP contribution in [-0.4, -0.2) is 37.7 Å². The molecule has 0 spiro atoms. The number of benzene rings is 1. The molecule has 29 heavy (non-hydrogen) atoms. The fourth-order valence-corrected chi connectivity index (χ4v) is 3.22. The lowest BCUT2D eigenvalue weighted by atomic mass is 10.1. The van der Waals surface area contributed by atoms with Gasteiger partial charge in [0.15, 0.2) is 5.65 Å². The number of amides is 3. The number of nitrogens with zero attached hydrogens (tertiary/aromatic N) is 3. The van der Waals surface area contributed by atoms with Crippen LogP contribution in [0.3, 0.4) is 0 Å². The van der Waals surface area contributed by atoms with Gasteiger partial charge in [0.25, 0.3) is 5.91 Å². The van der Waals surface area contributed by atoms with Crippen molar-refractivity contribution in [3.63, 3.8) is 0 Å². The Hall–Kier alpha value is -3.88. The van der Waals surface area contributed by atoms with Crippen LogP contribution in [0.15, 0.2) is 42.2 Å². The second-order valence-electron chi connectivity index (χ2n) is 7.20. The molecule has 0 radical (unpaired) electrons. The zero-order valence-electron chi connectivity index (χ0n) is 15.3. The summed E-state index contributed by atoms with van der Waals surface area (Å²) < 4.78 is 1.71. The minimum atomic E-state index is -0.546. The van der Waals surface area contributed by atoms with Crippen LogP contribution in [0.25, 0.3) is 11.7 Å². The number of anilines is 1. The Morgan fingerprint density at radius 3 is 2.69 bits per heavy atom. The van der Waals surface area contributed by atoms with E-state index in [0.717, 1.165) is 29.9 Å². The molecule has 4 N–H and O–H groups in total. The maximum Gasteiger partial charge on any atom is 0.326 e. The van der Waals surface area contributed by atoms with Crippen molar-refractivity contribution in [3.05, 3.63) is 59.0 Å². The second kappa shape index (κ2) is 6.62. The third-order valence-corrected chi connectivity index (χ3v) is 4.82. The molecule has 3 amide bonds. The largest absolute Gasteiger partial charge is 0.508 e. The summed E-state index contributed by atoms with van der Waals surface area (Å²) >= 11 is 0. The number of phenols is 1. The molecule has 1 aliphatic carbocycles. The van der Waals surface area contributed by atoms with Gasteiger partial charge in [-0.2, -0.15) is 9.61 Å². The van der Waals surface area contributed by atoms with Gasteiger partial charge in [0, 0.05) is 24.1 Å². The molecule has 1 saturated heterocycles. The fourth-order valence-electron chi connectivity index (χ4n) is 3.22. The normalized spacial score (nSPS) is 17.6. The first kappa shape index (κ1) is 17.2. The summed E-state index contributed by atoms with van der Waals surface area (Å²) in [7, 11) is 0. The third-order valence-electron chi connectivity index (χ3n) is 4.82. The molecule has 9 nitrogen and oxygen atoms in total. The Labute approximate surface area is 165 Å². The smallest absolute Gasteiger partial charge is 0.326 e. The van der Waals surface area contributed by atoms with E-state index in [2.05, 4.69) is 21.0 Å². The minimum absolute atomic E-state index is 0.160. The molecule has 1 saturated carbocycles. The molecule has 0 bridgehead atoms. The number of carbonyl (C=O) groups is 2. The van der Waals surface area contributed by atoms with Gasteiger partial charge < -0.3 is 15.7 Å². The minimum Gasteiger partial charge on any atom is -0.508 e. The number of imide groups is 1. The van der Waals surface area contributed by atoms with Crippen LogP contribution >= 0.6 is 0 Å². The van der Waals surface area contributed by atoms with Crippen LogP contribution in [0.4, 0.5) is 10.6 Å². The summed E-state index contributed by atoms with van der Waals surface area (Å²) in [6.07, 6.45) is 5.99. The molecule has 2 aromatic heterocycles. The monoisotopic (exact) mass is 390 g/mol. The van der Waals surface area contributed by atoms with Crippen molar-refractivity contribution in [1.29, 1.82) is 0 Å². The third kappa shape index (κ3) is 3.49. The summed E-state index contributed by atoms with van der Waals surface area (Å²) in [4.78, 5) is 28.0. The summed E-state index contributed by atoms with van der Waals surface area (Å²) in [6.45, 7) is 0. The highest BCUT2D eigenvalue weighted by molar-refractivity contribution is 6.14. The Morgan fingerprint density at radius 1 is 1.21 bits per heavy atom. The summed E-state index contributed by atoms with van der Waals surface area (Å²) in [5, 5.41) is 22.0. The van der Waals surface area contributed by atoms with Gasteiger partial charge in [-0.3, -0.25) is 10.1 Å². The molecule has 3 aromatic rings. The molecule has 2 aliphatic rings. The number of fused-ring (bicyclic) bond motifs is 1. The van der Waals surface area contributed by atoms with Crippen molar-refractivity contribution in [1.82, 2.24) is 25.2 Å². The van der Waals surface area contributed by atoms with E-state index in [0.29, 0.717) is 23.7 Å². The first-order valence-corrected chi connectivity index (χ1v) is 9.31. The lowest BCUT2D eigenvalue weighted by Gasteiger charge is -2.10. The summed E-state index contributed by atoms with van der Waals surface area (Å²) in [6, 6.07) is 8.84. The lowest BCUT2D eigenvalue weighted by molar-refractivity contribution is -0.115. The highest BCUT2D eigenvalue weighted by Crippen LogP contribution is 2.27. The number of aromatic hydroxyl groups is 1. The number of hydrogen-bond acceptors (Lipinski definition) is 6. The predicted octanol–water partition coefficient (Wildman–Crippen LogP) is 1.78. The van der Waals surface area contributed by atoms with E-state index in [1.165, 1.54) is 0 Å². The Bertz CT molecular complexity index is 1160. The zero-order chi connectivity index (χ0) is 20.0. The van der Waals surface area contributed by atoms with Gasteiger partial charge in [-0.1, -0.05) is 12.1 Å². The van der Waals surface area contributed by atoms with E-state index in [1.807, 2.05) is 18.2 Å². The van der Waals surface area contributed by atoms with Crippen molar-refractivity contribution in [3.8, 4) is 5.75 Å². The van der Waals surface area contributed by atoms with Gasteiger partial charge in [-0.25, -0.2) is 9.78 Å². The predicted molar refractivity (Wildman–Crippen MR) is 105 cm³/mol. The summed E-state index contributed by atoms with van der Waals surface area (Å²) in [5.74, 6) is 0.566. The van der Waals surface area contributed by atoms with Crippen molar-refractivity contribution < 1.29 is 14.7 Å². The number of urea groups is 1. The molecular formula is C20H18N6O3. The van der Waals surface area contributed by atoms with Gasteiger partial charge in [-0.15, -0.1) is 0 Å². The van der Waals surface area contributed by atoms with Gasteiger partial charge in [0.1, 0.15) is 17.3 Å².